The van der Waals surface area contributed by atoms with E-state index in [-0.39, 0.29) is 18.2 Å². The fourth-order valence-electron chi connectivity index (χ4n) is 4.98. The van der Waals surface area contributed by atoms with E-state index >= 15 is 0 Å². The molecule has 0 bridgehead atoms. The van der Waals surface area contributed by atoms with Crippen LogP contribution >= 0.6 is 11.3 Å². The van der Waals surface area contributed by atoms with Gasteiger partial charge in [-0.2, -0.15) is 0 Å². The zero-order valence-corrected chi connectivity index (χ0v) is 23.0. The van der Waals surface area contributed by atoms with Crippen molar-refractivity contribution in [3.05, 3.63) is 83.9 Å². The van der Waals surface area contributed by atoms with Crippen molar-refractivity contribution in [2.45, 2.75) is 32.1 Å². The summed E-state index contributed by atoms with van der Waals surface area (Å²) in [5.41, 5.74) is 4.34. The van der Waals surface area contributed by atoms with Gasteiger partial charge >= 0.3 is 5.97 Å². The van der Waals surface area contributed by atoms with Crippen molar-refractivity contribution in [1.29, 1.82) is 0 Å². The molecule has 8 nitrogen and oxygen atoms in total. The van der Waals surface area contributed by atoms with Gasteiger partial charge in [-0.05, 0) is 42.5 Å². The van der Waals surface area contributed by atoms with E-state index in [1.54, 1.807) is 18.1 Å². The SMILES string of the molecule is CN(C(=O)C(CC(=O)O)Cc1ccccc1)c1nc(-c2ccccc2-c2ccc(N3CCCCC3=O)nc2)cs1. The zero-order valence-electron chi connectivity index (χ0n) is 22.2. The molecule has 0 saturated carbocycles. The molecule has 2 amide bonds. The Morgan fingerprint density at radius 2 is 1.77 bits per heavy atom. The second kappa shape index (κ2) is 12.2. The highest BCUT2D eigenvalue weighted by Crippen LogP contribution is 2.35. The van der Waals surface area contributed by atoms with Gasteiger partial charge in [0.15, 0.2) is 5.13 Å². The van der Waals surface area contributed by atoms with Gasteiger partial charge in [-0.15, -0.1) is 11.3 Å². The molecule has 40 heavy (non-hydrogen) atoms. The van der Waals surface area contributed by atoms with Gasteiger partial charge in [0.1, 0.15) is 5.82 Å². The Morgan fingerprint density at radius 3 is 2.48 bits per heavy atom. The van der Waals surface area contributed by atoms with Crippen LogP contribution in [-0.2, 0) is 20.8 Å². The van der Waals surface area contributed by atoms with Crippen LogP contribution in [0.25, 0.3) is 22.4 Å². The number of hydrogen-bond acceptors (Lipinski definition) is 6. The predicted octanol–water partition coefficient (Wildman–Crippen LogP) is 5.69. The quantitative estimate of drug-likeness (QED) is 0.285. The summed E-state index contributed by atoms with van der Waals surface area (Å²) in [6.07, 6.45) is 4.31. The lowest BCUT2D eigenvalue weighted by Gasteiger charge is -2.25. The zero-order chi connectivity index (χ0) is 28.1. The first-order valence-corrected chi connectivity index (χ1v) is 14.1. The molecule has 0 aliphatic carbocycles. The molecule has 1 aliphatic rings. The molecule has 1 N–H and O–H groups in total. The van der Waals surface area contributed by atoms with Crippen LogP contribution in [0.4, 0.5) is 10.9 Å². The number of hydrogen-bond donors (Lipinski definition) is 1. The topological polar surface area (TPSA) is 104 Å². The Hall–Kier alpha value is -4.37. The molecule has 1 atom stereocenters. The van der Waals surface area contributed by atoms with Crippen LogP contribution in [-0.4, -0.2) is 46.5 Å². The third-order valence-electron chi connectivity index (χ3n) is 7.07. The first kappa shape index (κ1) is 27.2. The van der Waals surface area contributed by atoms with Crippen molar-refractivity contribution >= 4 is 40.1 Å². The van der Waals surface area contributed by atoms with Gasteiger partial charge in [0.05, 0.1) is 18.0 Å². The molecular weight excluding hydrogens is 524 g/mol. The van der Waals surface area contributed by atoms with Gasteiger partial charge in [0, 0.05) is 42.7 Å². The standard InChI is InChI=1S/C31H30N4O4S/c1-34(30(39)23(18-29(37)38)17-21-9-3-2-4-10-21)31-33-26(20-40-31)25-12-6-5-11-24(25)22-14-15-27(32-19-22)35-16-8-7-13-28(35)36/h2-6,9-12,14-15,19-20,23H,7-8,13,16-18H2,1H3,(H,37,38). The van der Waals surface area contributed by atoms with E-state index in [1.165, 1.54) is 16.2 Å². The van der Waals surface area contributed by atoms with Gasteiger partial charge in [-0.25, -0.2) is 9.97 Å². The molecule has 2 aromatic carbocycles. The number of thiazole rings is 1. The lowest BCUT2D eigenvalue weighted by Crippen LogP contribution is -2.35. The minimum atomic E-state index is -1.01. The van der Waals surface area contributed by atoms with Crippen LogP contribution in [0.2, 0.25) is 0 Å². The Kier molecular flexibility index (Phi) is 8.31. The summed E-state index contributed by atoms with van der Waals surface area (Å²) in [5.74, 6) is -1.24. The summed E-state index contributed by atoms with van der Waals surface area (Å²) in [5, 5.41) is 11.8. The molecule has 2 aromatic heterocycles. The molecule has 4 aromatic rings. The molecule has 204 valence electrons. The van der Waals surface area contributed by atoms with Gasteiger partial charge < -0.3 is 5.11 Å². The number of pyridine rings is 1. The predicted molar refractivity (Wildman–Crippen MR) is 156 cm³/mol. The van der Waals surface area contributed by atoms with E-state index < -0.39 is 11.9 Å². The highest BCUT2D eigenvalue weighted by molar-refractivity contribution is 7.14. The number of carboxylic acids is 1. The lowest BCUT2D eigenvalue weighted by atomic mass is 9.95. The highest BCUT2D eigenvalue weighted by Gasteiger charge is 2.28. The third-order valence-corrected chi connectivity index (χ3v) is 7.98. The van der Waals surface area contributed by atoms with E-state index in [0.29, 0.717) is 36.0 Å². The second-order valence-corrected chi connectivity index (χ2v) is 10.7. The summed E-state index contributed by atoms with van der Waals surface area (Å²) in [6.45, 7) is 0.689. The van der Waals surface area contributed by atoms with E-state index in [0.717, 1.165) is 35.1 Å². The molecule has 0 spiro atoms. The third kappa shape index (κ3) is 6.10. The van der Waals surface area contributed by atoms with Crippen molar-refractivity contribution < 1.29 is 19.5 Å². The van der Waals surface area contributed by atoms with Crippen molar-refractivity contribution in [2.75, 3.05) is 23.4 Å². The maximum Gasteiger partial charge on any atom is 0.304 e. The van der Waals surface area contributed by atoms with Crippen LogP contribution in [0.3, 0.4) is 0 Å². The van der Waals surface area contributed by atoms with Gasteiger partial charge in [-0.3, -0.25) is 24.2 Å². The van der Waals surface area contributed by atoms with E-state index in [4.69, 9.17) is 4.98 Å². The number of carbonyl (C=O) groups is 3. The van der Waals surface area contributed by atoms with Gasteiger partial charge in [-0.1, -0.05) is 54.6 Å². The van der Waals surface area contributed by atoms with Crippen LogP contribution in [0.15, 0.2) is 78.3 Å². The number of carbonyl (C=O) groups excluding carboxylic acids is 2. The number of nitrogens with zero attached hydrogens (tertiary/aromatic N) is 4. The number of carboxylic acid groups (broad SMARTS) is 1. The summed E-state index contributed by atoms with van der Waals surface area (Å²) >= 11 is 1.34. The number of rotatable bonds is 9. The van der Waals surface area contributed by atoms with Crippen LogP contribution < -0.4 is 9.80 Å². The van der Waals surface area contributed by atoms with Crippen molar-refractivity contribution in [2.24, 2.45) is 5.92 Å². The molecular formula is C31H30N4O4S. The average Bonchev–Trinajstić information content (AvgIpc) is 3.47. The molecule has 1 saturated heterocycles. The largest absolute Gasteiger partial charge is 0.481 e. The van der Waals surface area contributed by atoms with Gasteiger partial charge in [0.2, 0.25) is 11.8 Å². The summed E-state index contributed by atoms with van der Waals surface area (Å²) < 4.78 is 0. The molecule has 1 fully saturated rings. The lowest BCUT2D eigenvalue weighted by molar-refractivity contribution is -0.140. The Morgan fingerprint density at radius 1 is 1.02 bits per heavy atom. The smallest absolute Gasteiger partial charge is 0.304 e. The molecule has 5 rings (SSSR count). The van der Waals surface area contributed by atoms with Crippen molar-refractivity contribution in [3.63, 3.8) is 0 Å². The number of aliphatic carboxylic acids is 1. The van der Waals surface area contributed by atoms with E-state index in [9.17, 15) is 19.5 Å². The number of piperidine rings is 1. The summed E-state index contributed by atoms with van der Waals surface area (Å²) in [7, 11) is 1.64. The molecule has 3 heterocycles. The maximum absolute atomic E-state index is 13.4. The number of aromatic nitrogens is 2. The fourth-order valence-corrected chi connectivity index (χ4v) is 5.77. The second-order valence-electron chi connectivity index (χ2n) is 9.85. The number of anilines is 2. The fraction of sp³-hybridized carbons (Fsp3) is 0.258. The molecule has 1 aliphatic heterocycles. The van der Waals surface area contributed by atoms with Crippen molar-refractivity contribution in [1.82, 2.24) is 9.97 Å². The molecule has 0 radical (unpaired) electrons. The van der Waals surface area contributed by atoms with E-state index in [1.807, 2.05) is 72.1 Å². The Balaban J connectivity index is 1.37. The maximum atomic E-state index is 13.4. The van der Waals surface area contributed by atoms with Crippen molar-refractivity contribution in [3.8, 4) is 22.4 Å². The van der Waals surface area contributed by atoms with E-state index in [2.05, 4.69) is 4.98 Å². The average molecular weight is 555 g/mol. The highest BCUT2D eigenvalue weighted by atomic mass is 32.1. The normalized spacial score (nSPS) is 14.1. The Labute approximate surface area is 236 Å². The summed E-state index contributed by atoms with van der Waals surface area (Å²) in [4.78, 5) is 49.8. The molecule has 1 unspecified atom stereocenters. The van der Waals surface area contributed by atoms with Crippen LogP contribution in [0.5, 0.6) is 0 Å². The Bertz CT molecular complexity index is 1500. The number of amides is 2. The van der Waals surface area contributed by atoms with Crippen LogP contribution in [0, 0.1) is 5.92 Å². The number of benzene rings is 2. The minimum absolute atomic E-state index is 0.106. The first-order valence-electron chi connectivity index (χ1n) is 13.3. The van der Waals surface area contributed by atoms with Gasteiger partial charge in [0.25, 0.3) is 0 Å². The molecule has 9 heteroatoms. The minimum Gasteiger partial charge on any atom is -0.481 e. The monoisotopic (exact) mass is 554 g/mol. The summed E-state index contributed by atoms with van der Waals surface area (Å²) in [6, 6.07) is 21.1. The van der Waals surface area contributed by atoms with Crippen LogP contribution in [0.1, 0.15) is 31.2 Å². The first-order chi connectivity index (χ1) is 19.4.